The zero-order valence-electron chi connectivity index (χ0n) is 35.5. The minimum absolute atomic E-state index is 0.114. The minimum Gasteiger partial charge on any atom is -0.462 e. The Morgan fingerprint density at radius 2 is 1.12 bits per heavy atom. The summed E-state index contributed by atoms with van der Waals surface area (Å²) < 4.78 is 54.0. The van der Waals surface area contributed by atoms with Gasteiger partial charge in [-0.05, 0) is 64.2 Å². The fourth-order valence-electron chi connectivity index (χ4n) is 6.54. The number of unbranched alkanes of at least 4 members (excludes halogenated alkanes) is 18. The highest BCUT2D eigenvalue weighted by Crippen LogP contribution is 2.24. The maximum absolute atomic E-state index is 12.8. The number of allylic oxidation sites excluding steroid dienone is 7. The number of carbonyl (C=O) groups is 2. The van der Waals surface area contributed by atoms with E-state index in [-0.39, 0.29) is 19.4 Å². The van der Waals surface area contributed by atoms with Gasteiger partial charge in [-0.15, -0.1) is 6.58 Å². The van der Waals surface area contributed by atoms with Crippen molar-refractivity contribution in [3.05, 3.63) is 49.1 Å². The molecule has 1 aliphatic rings. The number of esters is 2. The summed E-state index contributed by atoms with van der Waals surface area (Å²) in [4.78, 5) is 25.4. The Bertz CT molecular complexity index is 1250. The second-order valence-corrected chi connectivity index (χ2v) is 16.9. The molecule has 1 aliphatic heterocycles. The molecule has 0 spiro atoms. The van der Waals surface area contributed by atoms with Crippen molar-refractivity contribution in [1.29, 1.82) is 0 Å². The maximum Gasteiger partial charge on any atom is 0.306 e. The Hall–Kier alpha value is -2.39. The van der Waals surface area contributed by atoms with E-state index in [1.165, 1.54) is 77.0 Å². The first kappa shape index (κ1) is 53.6. The van der Waals surface area contributed by atoms with E-state index in [2.05, 4.69) is 50.0 Å². The van der Waals surface area contributed by atoms with Gasteiger partial charge >= 0.3 is 11.9 Å². The Balaban J connectivity index is 2.48. The molecule has 13 heteroatoms. The van der Waals surface area contributed by atoms with E-state index < -0.39 is 71.2 Å². The van der Waals surface area contributed by atoms with Gasteiger partial charge in [-0.25, -0.2) is 0 Å². The summed E-state index contributed by atoms with van der Waals surface area (Å²) in [6.45, 7) is 5.21. The van der Waals surface area contributed by atoms with E-state index in [4.69, 9.17) is 18.9 Å². The lowest BCUT2D eigenvalue weighted by molar-refractivity contribution is -0.297. The van der Waals surface area contributed by atoms with Crippen molar-refractivity contribution in [2.24, 2.45) is 0 Å². The van der Waals surface area contributed by atoms with Crippen LogP contribution < -0.4 is 0 Å². The van der Waals surface area contributed by atoms with Gasteiger partial charge in [0.05, 0.1) is 6.61 Å². The fraction of sp³-hybridized carbons (Fsp3) is 0.778. The molecule has 0 amide bonds. The van der Waals surface area contributed by atoms with E-state index in [0.29, 0.717) is 12.8 Å². The Kier molecular flexibility index (Phi) is 32.7. The number of carbonyl (C=O) groups excluding carboxylic acids is 2. The summed E-state index contributed by atoms with van der Waals surface area (Å²) in [6.07, 6.45) is 30.5. The number of aliphatic hydroxyl groups is 3. The lowest BCUT2D eigenvalue weighted by Gasteiger charge is -2.40. The van der Waals surface area contributed by atoms with Crippen LogP contribution in [0.15, 0.2) is 49.1 Å². The second kappa shape index (κ2) is 35.4. The molecule has 0 radical (unpaired) electrons. The molecule has 2 unspecified atom stereocenters. The molecule has 12 nitrogen and oxygen atoms in total. The largest absolute Gasteiger partial charge is 0.462 e. The molecule has 1 fully saturated rings. The first-order valence-corrected chi connectivity index (χ1v) is 23.8. The highest BCUT2D eigenvalue weighted by Gasteiger charge is 2.46. The molecular weight excluding hydrogens is 765 g/mol. The third-order valence-electron chi connectivity index (χ3n) is 10.0. The smallest absolute Gasteiger partial charge is 0.306 e. The molecule has 1 rings (SSSR count). The molecule has 1 heterocycles. The monoisotopic (exact) mass is 843 g/mol. The Morgan fingerprint density at radius 3 is 1.67 bits per heavy atom. The summed E-state index contributed by atoms with van der Waals surface area (Å²) in [7, 11) is -4.61. The van der Waals surface area contributed by atoms with Gasteiger partial charge < -0.3 is 34.3 Å². The normalized spacial score (nSPS) is 20.6. The fourth-order valence-corrected chi connectivity index (χ4v) is 7.24. The topological polar surface area (TPSA) is 186 Å². The lowest BCUT2D eigenvalue weighted by Crippen LogP contribution is -2.60. The molecule has 1 saturated heterocycles. The molecule has 58 heavy (non-hydrogen) atoms. The van der Waals surface area contributed by atoms with Crippen LogP contribution in [-0.2, 0) is 38.7 Å². The molecule has 0 saturated carbocycles. The van der Waals surface area contributed by atoms with Gasteiger partial charge in [0.15, 0.2) is 12.4 Å². The summed E-state index contributed by atoms with van der Waals surface area (Å²) in [6, 6.07) is 0. The quantitative estimate of drug-likeness (QED) is 0.0202. The van der Waals surface area contributed by atoms with Crippen LogP contribution in [0.1, 0.15) is 167 Å². The van der Waals surface area contributed by atoms with Gasteiger partial charge in [0.25, 0.3) is 10.1 Å². The van der Waals surface area contributed by atoms with Crippen LogP contribution in [0.2, 0.25) is 0 Å². The van der Waals surface area contributed by atoms with Gasteiger partial charge in [-0.3, -0.25) is 14.1 Å². The number of hydrogen-bond donors (Lipinski definition) is 4. The zero-order chi connectivity index (χ0) is 42.7. The van der Waals surface area contributed by atoms with Crippen LogP contribution in [0.5, 0.6) is 0 Å². The lowest BCUT2D eigenvalue weighted by atomic mass is 10.00. The number of hydrogen-bond acceptors (Lipinski definition) is 11. The molecule has 0 aromatic rings. The van der Waals surface area contributed by atoms with Crippen LogP contribution in [0.4, 0.5) is 0 Å². The highest BCUT2D eigenvalue weighted by molar-refractivity contribution is 7.85. The van der Waals surface area contributed by atoms with Gasteiger partial charge in [0, 0.05) is 12.8 Å². The molecule has 0 bridgehead atoms. The molecule has 0 aliphatic carbocycles. The van der Waals surface area contributed by atoms with Crippen LogP contribution >= 0.6 is 0 Å². The molecule has 4 N–H and O–H groups in total. The predicted octanol–water partition coefficient (Wildman–Crippen LogP) is 8.78. The molecule has 0 aromatic heterocycles. The summed E-state index contributed by atoms with van der Waals surface area (Å²) in [5, 5.41) is 30.8. The molecule has 336 valence electrons. The van der Waals surface area contributed by atoms with Crippen molar-refractivity contribution < 1.29 is 56.8 Å². The third-order valence-corrected chi connectivity index (χ3v) is 10.8. The van der Waals surface area contributed by atoms with Crippen molar-refractivity contribution in [2.75, 3.05) is 19.0 Å². The van der Waals surface area contributed by atoms with Crippen LogP contribution in [-0.4, -0.2) is 96.0 Å². The average Bonchev–Trinajstić information content (AvgIpc) is 3.18. The highest BCUT2D eigenvalue weighted by atomic mass is 32.2. The van der Waals surface area contributed by atoms with E-state index in [1.54, 1.807) is 0 Å². The van der Waals surface area contributed by atoms with E-state index in [0.717, 1.165) is 57.8 Å². The molecule has 0 aromatic carbocycles. The van der Waals surface area contributed by atoms with Gasteiger partial charge in [-0.1, -0.05) is 133 Å². The second-order valence-electron chi connectivity index (χ2n) is 15.4. The summed E-state index contributed by atoms with van der Waals surface area (Å²) in [5.41, 5.74) is 0. The SMILES string of the molecule is C=CCCCCCCCCCCCCCCCC(=O)OC[C@H](CO[C@H]1O[C@H](CS(=O)(=O)O)[C@@H](O)C(O)C1O)OC(=O)CCCC/C=C/C/C=C/C/C=C/CCCCC. The Labute approximate surface area is 350 Å². The van der Waals surface area contributed by atoms with Crippen molar-refractivity contribution in [3.63, 3.8) is 0 Å². The zero-order valence-corrected chi connectivity index (χ0v) is 36.3. The number of ether oxygens (including phenoxy) is 4. The van der Waals surface area contributed by atoms with Gasteiger partial charge in [0.2, 0.25) is 0 Å². The van der Waals surface area contributed by atoms with Crippen molar-refractivity contribution in [3.8, 4) is 0 Å². The van der Waals surface area contributed by atoms with Gasteiger partial charge in [0.1, 0.15) is 36.8 Å². The standard InChI is InChI=1S/C45H78O12S/c1-3-5-7-9-11-13-15-17-19-21-23-25-27-29-31-33-40(46)54-35-38(36-55-45-44(50)43(49)42(48)39(57-45)37-58(51,52)53)56-41(47)34-32-30-28-26-24-22-20-18-16-14-12-10-8-6-4-2/h3,12,14,18,20,24,26,38-39,42-45,48-50H,1,4-11,13,15-17,19,21-23,25,27-37H2,2H3,(H,51,52,53)/b14-12+,20-18+,26-24+/t38-,39-,42-,43?,44?,45+/m1/s1. The average molecular weight is 843 g/mol. The maximum atomic E-state index is 12.8. The Morgan fingerprint density at radius 1 is 0.638 bits per heavy atom. The van der Waals surface area contributed by atoms with Gasteiger partial charge in [-0.2, -0.15) is 8.42 Å². The number of aliphatic hydroxyl groups excluding tert-OH is 3. The van der Waals surface area contributed by atoms with Crippen LogP contribution in [0, 0.1) is 0 Å². The first-order chi connectivity index (χ1) is 28.0. The van der Waals surface area contributed by atoms with Crippen molar-refractivity contribution >= 4 is 22.1 Å². The van der Waals surface area contributed by atoms with Crippen LogP contribution in [0.3, 0.4) is 0 Å². The van der Waals surface area contributed by atoms with E-state index in [9.17, 15) is 37.9 Å². The first-order valence-electron chi connectivity index (χ1n) is 22.2. The van der Waals surface area contributed by atoms with E-state index >= 15 is 0 Å². The minimum atomic E-state index is -4.61. The summed E-state index contributed by atoms with van der Waals surface area (Å²) in [5.74, 6) is -2.04. The molecule has 6 atom stereocenters. The van der Waals surface area contributed by atoms with E-state index in [1.807, 2.05) is 6.08 Å². The van der Waals surface area contributed by atoms with Crippen molar-refractivity contribution in [1.82, 2.24) is 0 Å². The number of rotatable bonds is 37. The molecular formula is C45H78O12S. The third kappa shape index (κ3) is 29.8. The van der Waals surface area contributed by atoms with Crippen LogP contribution in [0.25, 0.3) is 0 Å². The van der Waals surface area contributed by atoms with Crippen molar-refractivity contribution in [2.45, 2.75) is 204 Å². The predicted molar refractivity (Wildman–Crippen MR) is 229 cm³/mol. The summed E-state index contributed by atoms with van der Waals surface area (Å²) >= 11 is 0.